The number of ether oxygens (including phenoxy) is 1. The first-order valence-corrected chi connectivity index (χ1v) is 6.33. The predicted octanol–water partition coefficient (Wildman–Crippen LogP) is 2.69. The highest BCUT2D eigenvalue weighted by Gasteiger charge is 2.09. The Bertz CT molecular complexity index is 402. The van der Waals surface area contributed by atoms with Gasteiger partial charge in [-0.2, -0.15) is 0 Å². The van der Waals surface area contributed by atoms with Crippen LogP contribution in [0.3, 0.4) is 0 Å². The van der Waals surface area contributed by atoms with Crippen molar-refractivity contribution >= 4 is 28.2 Å². The van der Waals surface area contributed by atoms with Gasteiger partial charge < -0.3 is 9.53 Å². The summed E-state index contributed by atoms with van der Waals surface area (Å²) in [5.74, 6) is -0.234. The number of carbonyl (C=O) groups excluding carboxylic acids is 2. The Labute approximate surface area is 109 Å². The third-order valence-electron chi connectivity index (χ3n) is 2.34. The summed E-state index contributed by atoms with van der Waals surface area (Å²) in [6.07, 6.45) is 2.26. The van der Waals surface area contributed by atoms with Crippen molar-refractivity contribution in [1.29, 1.82) is 0 Å². The van der Waals surface area contributed by atoms with Crippen LogP contribution in [-0.2, 0) is 27.2 Å². The van der Waals surface area contributed by atoms with Crippen LogP contribution in [0.15, 0.2) is 22.7 Å². The zero-order valence-corrected chi connectivity index (χ0v) is 11.3. The molecule has 4 heteroatoms. The molecule has 0 saturated heterocycles. The van der Waals surface area contributed by atoms with E-state index in [1.807, 2.05) is 18.2 Å². The minimum atomic E-state index is -0.234. The van der Waals surface area contributed by atoms with Crippen LogP contribution in [0.25, 0.3) is 0 Å². The van der Waals surface area contributed by atoms with Crippen molar-refractivity contribution in [1.82, 2.24) is 0 Å². The summed E-state index contributed by atoms with van der Waals surface area (Å²) in [5, 5.41) is 0. The predicted molar refractivity (Wildman–Crippen MR) is 68.9 cm³/mol. The van der Waals surface area contributed by atoms with Crippen LogP contribution in [-0.4, -0.2) is 18.9 Å². The highest BCUT2D eigenvalue weighted by molar-refractivity contribution is 9.10. The van der Waals surface area contributed by atoms with E-state index in [9.17, 15) is 9.59 Å². The van der Waals surface area contributed by atoms with Gasteiger partial charge in [0, 0.05) is 10.9 Å². The van der Waals surface area contributed by atoms with Gasteiger partial charge in [-0.3, -0.25) is 4.79 Å². The number of esters is 1. The van der Waals surface area contributed by atoms with Crippen LogP contribution in [0.4, 0.5) is 0 Å². The van der Waals surface area contributed by atoms with E-state index < -0.39 is 0 Å². The first kappa shape index (κ1) is 13.9. The molecule has 0 N–H and O–H groups in total. The first-order chi connectivity index (χ1) is 8.17. The monoisotopic (exact) mass is 298 g/mol. The van der Waals surface area contributed by atoms with Crippen LogP contribution in [0, 0.1) is 0 Å². The lowest BCUT2D eigenvalue weighted by atomic mass is 10.0. The van der Waals surface area contributed by atoms with Gasteiger partial charge in [-0.1, -0.05) is 22.0 Å². The minimum absolute atomic E-state index is 0.234. The molecule has 1 aromatic rings. The summed E-state index contributed by atoms with van der Waals surface area (Å²) in [6, 6.07) is 5.72. The molecule has 92 valence electrons. The molecule has 0 unspecified atom stereocenters. The Hall–Kier alpha value is -1.16. The van der Waals surface area contributed by atoms with Gasteiger partial charge in [-0.15, -0.1) is 0 Å². The maximum atomic E-state index is 11.4. The summed E-state index contributed by atoms with van der Waals surface area (Å²) in [4.78, 5) is 21.8. The van der Waals surface area contributed by atoms with Crippen molar-refractivity contribution in [2.24, 2.45) is 0 Å². The van der Waals surface area contributed by atoms with Gasteiger partial charge in [0.2, 0.25) is 0 Å². The van der Waals surface area contributed by atoms with Gasteiger partial charge in [0.1, 0.15) is 6.29 Å². The molecule has 0 fully saturated rings. The Balaban J connectivity index is 2.81. The average Bonchev–Trinajstić information content (AvgIpc) is 2.30. The van der Waals surface area contributed by atoms with Crippen LogP contribution in [0.1, 0.15) is 24.5 Å². The molecule has 0 radical (unpaired) electrons. The summed E-state index contributed by atoms with van der Waals surface area (Å²) in [6.45, 7) is 2.17. The van der Waals surface area contributed by atoms with E-state index in [0.717, 1.165) is 21.9 Å². The largest absolute Gasteiger partial charge is 0.466 e. The fourth-order valence-electron chi connectivity index (χ4n) is 1.58. The van der Waals surface area contributed by atoms with Crippen molar-refractivity contribution in [3.05, 3.63) is 33.8 Å². The SMILES string of the molecule is CCOC(=O)Cc1ccc(Br)cc1CCC=O. The second-order valence-electron chi connectivity index (χ2n) is 3.60. The summed E-state index contributed by atoms with van der Waals surface area (Å²) in [5.41, 5.74) is 1.94. The van der Waals surface area contributed by atoms with E-state index in [1.165, 1.54) is 0 Å². The number of benzene rings is 1. The molecule has 0 bridgehead atoms. The van der Waals surface area contributed by atoms with Crippen molar-refractivity contribution in [2.75, 3.05) is 6.61 Å². The maximum absolute atomic E-state index is 11.4. The quantitative estimate of drug-likeness (QED) is 0.599. The average molecular weight is 299 g/mol. The number of aldehydes is 1. The van der Waals surface area contributed by atoms with Crippen LogP contribution in [0.2, 0.25) is 0 Å². The smallest absolute Gasteiger partial charge is 0.310 e. The Morgan fingerprint density at radius 1 is 1.41 bits per heavy atom. The molecule has 0 saturated carbocycles. The molecule has 0 aliphatic heterocycles. The van der Waals surface area contributed by atoms with Gasteiger partial charge in [0.15, 0.2) is 0 Å². The lowest BCUT2D eigenvalue weighted by molar-refractivity contribution is -0.142. The number of hydrogen-bond donors (Lipinski definition) is 0. The Kier molecular flexibility index (Phi) is 5.91. The maximum Gasteiger partial charge on any atom is 0.310 e. The topological polar surface area (TPSA) is 43.4 Å². The van der Waals surface area contributed by atoms with E-state index in [0.29, 0.717) is 19.4 Å². The van der Waals surface area contributed by atoms with Crippen molar-refractivity contribution in [3.8, 4) is 0 Å². The number of aryl methyl sites for hydroxylation is 1. The number of halogens is 1. The number of rotatable bonds is 6. The fourth-order valence-corrected chi connectivity index (χ4v) is 1.99. The summed E-state index contributed by atoms with van der Waals surface area (Å²) < 4.78 is 5.87. The molecule has 0 aliphatic carbocycles. The van der Waals surface area contributed by atoms with E-state index in [4.69, 9.17) is 4.74 Å². The molecular formula is C13H15BrO3. The van der Waals surface area contributed by atoms with Gasteiger partial charge in [-0.25, -0.2) is 0 Å². The minimum Gasteiger partial charge on any atom is -0.466 e. The van der Waals surface area contributed by atoms with Gasteiger partial charge in [0.25, 0.3) is 0 Å². The van der Waals surface area contributed by atoms with E-state index >= 15 is 0 Å². The van der Waals surface area contributed by atoms with Crippen LogP contribution in [0.5, 0.6) is 0 Å². The molecule has 3 nitrogen and oxygen atoms in total. The molecule has 1 rings (SSSR count). The van der Waals surface area contributed by atoms with Crippen LogP contribution >= 0.6 is 15.9 Å². The van der Waals surface area contributed by atoms with Crippen LogP contribution < -0.4 is 0 Å². The highest BCUT2D eigenvalue weighted by atomic mass is 79.9. The second-order valence-corrected chi connectivity index (χ2v) is 4.52. The molecular weight excluding hydrogens is 284 g/mol. The molecule has 0 heterocycles. The standard InChI is InChI=1S/C13H15BrO3/c1-2-17-13(16)9-11-5-6-12(14)8-10(11)4-3-7-15/h5-8H,2-4,9H2,1H3. The van der Waals surface area contributed by atoms with E-state index in [-0.39, 0.29) is 12.4 Å². The molecule has 0 aromatic heterocycles. The van der Waals surface area contributed by atoms with E-state index in [1.54, 1.807) is 6.92 Å². The lowest BCUT2D eigenvalue weighted by Gasteiger charge is -2.08. The fraction of sp³-hybridized carbons (Fsp3) is 0.385. The molecule has 17 heavy (non-hydrogen) atoms. The van der Waals surface area contributed by atoms with Crippen molar-refractivity contribution in [2.45, 2.75) is 26.2 Å². The number of hydrogen-bond acceptors (Lipinski definition) is 3. The summed E-state index contributed by atoms with van der Waals surface area (Å²) in [7, 11) is 0. The highest BCUT2D eigenvalue weighted by Crippen LogP contribution is 2.19. The molecule has 0 atom stereocenters. The Morgan fingerprint density at radius 2 is 2.18 bits per heavy atom. The van der Waals surface area contributed by atoms with Gasteiger partial charge in [0.05, 0.1) is 13.0 Å². The van der Waals surface area contributed by atoms with Gasteiger partial charge in [-0.05, 0) is 36.6 Å². The number of carbonyl (C=O) groups is 2. The van der Waals surface area contributed by atoms with Gasteiger partial charge >= 0.3 is 5.97 Å². The second kappa shape index (κ2) is 7.22. The van der Waals surface area contributed by atoms with E-state index in [2.05, 4.69) is 15.9 Å². The third-order valence-corrected chi connectivity index (χ3v) is 2.83. The van der Waals surface area contributed by atoms with Crippen molar-refractivity contribution in [3.63, 3.8) is 0 Å². The first-order valence-electron chi connectivity index (χ1n) is 5.54. The zero-order chi connectivity index (χ0) is 12.7. The van der Waals surface area contributed by atoms with Crippen molar-refractivity contribution < 1.29 is 14.3 Å². The molecule has 1 aromatic carbocycles. The normalized spacial score (nSPS) is 10.0. The molecule has 0 amide bonds. The molecule has 0 aliphatic rings. The Morgan fingerprint density at radius 3 is 2.82 bits per heavy atom. The summed E-state index contributed by atoms with van der Waals surface area (Å²) >= 11 is 3.38. The third kappa shape index (κ3) is 4.69. The zero-order valence-electron chi connectivity index (χ0n) is 9.74. The molecule has 0 spiro atoms. The lowest BCUT2D eigenvalue weighted by Crippen LogP contribution is -2.09.